The number of hydrogen-bond acceptors (Lipinski definition) is 5. The zero-order valence-electron chi connectivity index (χ0n) is 18.1. The van der Waals surface area contributed by atoms with Crippen LogP contribution >= 0.6 is 0 Å². The third kappa shape index (κ3) is 3.71. The first-order chi connectivity index (χ1) is 15.6. The summed E-state index contributed by atoms with van der Waals surface area (Å²) in [6.07, 6.45) is 0.743. The molecule has 0 unspecified atom stereocenters. The van der Waals surface area contributed by atoms with Crippen LogP contribution < -0.4 is 19.6 Å². The first-order valence-corrected chi connectivity index (χ1v) is 10.8. The zero-order chi connectivity index (χ0) is 22.1. The van der Waals surface area contributed by atoms with Gasteiger partial charge in [0.25, 0.3) is 0 Å². The molecule has 0 aliphatic carbocycles. The highest BCUT2D eigenvalue weighted by molar-refractivity contribution is 5.85. The summed E-state index contributed by atoms with van der Waals surface area (Å²) in [7, 11) is 0. The Bertz CT molecular complexity index is 1340. The quantitative estimate of drug-likeness (QED) is 0.409. The molecule has 4 aromatic rings. The standard InChI is InChI=1S/C27H24O5/c1-3-19-13-21-24(15-23(19)31-16-18-7-5-4-6-8-18)32-17(2)26(27(21)28)20-9-10-22-25(14-20)30-12-11-29-22/h4-10,13-15H,3,11-12,16H2,1-2H3. The van der Waals surface area contributed by atoms with Gasteiger partial charge >= 0.3 is 0 Å². The van der Waals surface area contributed by atoms with Gasteiger partial charge in [-0.15, -0.1) is 0 Å². The monoisotopic (exact) mass is 428 g/mol. The fourth-order valence-corrected chi connectivity index (χ4v) is 4.06. The second kappa shape index (κ2) is 8.42. The van der Waals surface area contributed by atoms with Gasteiger partial charge in [0, 0.05) is 6.07 Å². The first kappa shape index (κ1) is 20.2. The zero-order valence-corrected chi connectivity index (χ0v) is 18.1. The van der Waals surface area contributed by atoms with Crippen LogP contribution in [0.15, 0.2) is 69.9 Å². The number of hydrogen-bond donors (Lipinski definition) is 0. The highest BCUT2D eigenvalue weighted by Crippen LogP contribution is 2.36. The van der Waals surface area contributed by atoms with Gasteiger partial charge in [0.05, 0.1) is 10.9 Å². The van der Waals surface area contributed by atoms with Gasteiger partial charge in [-0.1, -0.05) is 43.3 Å². The molecule has 5 rings (SSSR count). The van der Waals surface area contributed by atoms with Crippen LogP contribution in [0.1, 0.15) is 23.8 Å². The van der Waals surface area contributed by atoms with Crippen molar-refractivity contribution in [3.63, 3.8) is 0 Å². The van der Waals surface area contributed by atoms with Crippen molar-refractivity contribution in [1.82, 2.24) is 0 Å². The Kier molecular flexibility index (Phi) is 5.31. The summed E-state index contributed by atoms with van der Waals surface area (Å²) in [6, 6.07) is 19.3. The fraction of sp³-hybridized carbons (Fsp3) is 0.222. The van der Waals surface area contributed by atoms with Crippen molar-refractivity contribution >= 4 is 11.0 Å². The molecule has 0 N–H and O–H groups in total. The highest BCUT2D eigenvalue weighted by Gasteiger charge is 2.19. The molecule has 0 saturated heterocycles. The number of aryl methyl sites for hydroxylation is 2. The normalized spacial score (nSPS) is 12.7. The van der Waals surface area contributed by atoms with Crippen molar-refractivity contribution in [3.05, 3.63) is 87.8 Å². The van der Waals surface area contributed by atoms with Gasteiger partial charge < -0.3 is 18.6 Å². The fourth-order valence-electron chi connectivity index (χ4n) is 4.06. The Morgan fingerprint density at radius 3 is 2.50 bits per heavy atom. The summed E-state index contributed by atoms with van der Waals surface area (Å²) in [5.74, 6) is 2.62. The summed E-state index contributed by atoms with van der Waals surface area (Å²) >= 11 is 0. The molecular formula is C27H24O5. The van der Waals surface area contributed by atoms with Crippen LogP contribution in [0, 0.1) is 6.92 Å². The van der Waals surface area contributed by atoms with E-state index in [0.717, 1.165) is 28.9 Å². The summed E-state index contributed by atoms with van der Waals surface area (Å²) in [4.78, 5) is 13.5. The lowest BCUT2D eigenvalue weighted by atomic mass is 10.00. The highest BCUT2D eigenvalue weighted by atomic mass is 16.6. The van der Waals surface area contributed by atoms with Gasteiger partial charge in [-0.3, -0.25) is 4.79 Å². The van der Waals surface area contributed by atoms with Crippen LogP contribution in [0.3, 0.4) is 0 Å². The molecule has 5 heteroatoms. The Hall–Kier alpha value is -3.73. The molecule has 0 bridgehead atoms. The van der Waals surface area contributed by atoms with Crippen LogP contribution in [-0.2, 0) is 13.0 Å². The van der Waals surface area contributed by atoms with Crippen LogP contribution in [0.4, 0.5) is 0 Å². The number of fused-ring (bicyclic) bond motifs is 2. The van der Waals surface area contributed by atoms with Crippen molar-refractivity contribution in [2.75, 3.05) is 13.2 Å². The summed E-state index contributed by atoms with van der Waals surface area (Å²) in [5, 5.41) is 0.546. The van der Waals surface area contributed by atoms with E-state index in [4.69, 9.17) is 18.6 Å². The Morgan fingerprint density at radius 1 is 0.938 bits per heavy atom. The van der Waals surface area contributed by atoms with Gasteiger partial charge in [0.2, 0.25) is 5.43 Å². The molecule has 1 aliphatic rings. The molecule has 0 spiro atoms. The van der Waals surface area contributed by atoms with E-state index in [9.17, 15) is 4.79 Å². The molecule has 2 heterocycles. The minimum atomic E-state index is -0.0651. The van der Waals surface area contributed by atoms with Crippen LogP contribution in [0.25, 0.3) is 22.1 Å². The Morgan fingerprint density at radius 2 is 1.72 bits per heavy atom. The molecule has 0 amide bonds. The van der Waals surface area contributed by atoms with Gasteiger partial charge in [-0.2, -0.15) is 0 Å². The molecule has 0 radical (unpaired) electrons. The van der Waals surface area contributed by atoms with E-state index in [1.165, 1.54) is 0 Å². The van der Waals surface area contributed by atoms with E-state index < -0.39 is 0 Å². The average Bonchev–Trinajstić information content (AvgIpc) is 2.83. The van der Waals surface area contributed by atoms with E-state index >= 15 is 0 Å². The minimum absolute atomic E-state index is 0.0651. The van der Waals surface area contributed by atoms with Gasteiger partial charge in [-0.25, -0.2) is 0 Å². The Balaban J connectivity index is 1.56. The summed E-state index contributed by atoms with van der Waals surface area (Å²) in [6.45, 7) is 5.34. The maximum atomic E-state index is 13.5. The smallest absolute Gasteiger partial charge is 0.200 e. The lowest BCUT2D eigenvalue weighted by molar-refractivity contribution is 0.171. The van der Waals surface area contributed by atoms with Crippen LogP contribution in [0.5, 0.6) is 17.2 Å². The molecule has 1 aromatic heterocycles. The number of benzene rings is 3. The molecule has 162 valence electrons. The molecular weight excluding hydrogens is 404 g/mol. The maximum Gasteiger partial charge on any atom is 0.200 e. The number of ether oxygens (including phenoxy) is 3. The summed E-state index contributed by atoms with van der Waals surface area (Å²) in [5.41, 5.74) is 3.80. The topological polar surface area (TPSA) is 57.9 Å². The van der Waals surface area contributed by atoms with E-state index in [2.05, 4.69) is 0 Å². The van der Waals surface area contributed by atoms with Crippen molar-refractivity contribution in [3.8, 4) is 28.4 Å². The van der Waals surface area contributed by atoms with Gasteiger partial charge in [-0.05, 0) is 48.2 Å². The predicted octanol–water partition coefficient (Wildman–Crippen LogP) is 5.68. The second-order valence-electron chi connectivity index (χ2n) is 7.80. The van der Waals surface area contributed by atoms with Gasteiger partial charge in [0.15, 0.2) is 11.5 Å². The predicted molar refractivity (Wildman–Crippen MR) is 124 cm³/mol. The molecule has 0 atom stereocenters. The molecule has 0 fully saturated rings. The van der Waals surface area contributed by atoms with Crippen LogP contribution in [0.2, 0.25) is 0 Å². The first-order valence-electron chi connectivity index (χ1n) is 10.8. The van der Waals surface area contributed by atoms with Crippen molar-refractivity contribution in [2.45, 2.75) is 26.9 Å². The van der Waals surface area contributed by atoms with Crippen molar-refractivity contribution < 1.29 is 18.6 Å². The van der Waals surface area contributed by atoms with Gasteiger partial charge in [0.1, 0.15) is 36.9 Å². The van der Waals surface area contributed by atoms with E-state index in [0.29, 0.717) is 53.6 Å². The maximum absolute atomic E-state index is 13.5. The minimum Gasteiger partial charge on any atom is -0.488 e. The third-order valence-corrected chi connectivity index (χ3v) is 5.70. The molecule has 5 nitrogen and oxygen atoms in total. The third-order valence-electron chi connectivity index (χ3n) is 5.70. The number of rotatable bonds is 5. The van der Waals surface area contributed by atoms with Crippen LogP contribution in [-0.4, -0.2) is 13.2 Å². The van der Waals surface area contributed by atoms with Crippen molar-refractivity contribution in [1.29, 1.82) is 0 Å². The molecule has 0 saturated carbocycles. The molecule has 32 heavy (non-hydrogen) atoms. The average molecular weight is 428 g/mol. The SMILES string of the molecule is CCc1cc2c(=O)c(-c3ccc4c(c3)OCCO4)c(C)oc2cc1OCc1ccccc1. The van der Waals surface area contributed by atoms with E-state index in [1.807, 2.05) is 74.5 Å². The second-order valence-corrected chi connectivity index (χ2v) is 7.80. The van der Waals surface area contributed by atoms with Crippen molar-refractivity contribution in [2.24, 2.45) is 0 Å². The Labute approximate surface area is 186 Å². The molecule has 3 aromatic carbocycles. The largest absolute Gasteiger partial charge is 0.488 e. The lowest BCUT2D eigenvalue weighted by Gasteiger charge is -2.19. The molecule has 1 aliphatic heterocycles. The van der Waals surface area contributed by atoms with E-state index in [1.54, 1.807) is 0 Å². The lowest BCUT2D eigenvalue weighted by Crippen LogP contribution is -2.15. The summed E-state index contributed by atoms with van der Waals surface area (Å²) < 4.78 is 23.5. The van der Waals surface area contributed by atoms with E-state index in [-0.39, 0.29) is 5.43 Å².